The Morgan fingerprint density at radius 2 is 2.00 bits per heavy atom. The first-order chi connectivity index (χ1) is 12.0. The normalized spacial score (nSPS) is 14.0. The lowest BCUT2D eigenvalue weighted by molar-refractivity contribution is -0.114. The van der Waals surface area contributed by atoms with Crippen molar-refractivity contribution in [3.8, 4) is 0 Å². The maximum atomic E-state index is 12.3. The Balaban J connectivity index is 1.54. The molecule has 0 unspecified atom stereocenters. The van der Waals surface area contributed by atoms with Gasteiger partial charge in [0.25, 0.3) is 5.78 Å². The number of Topliss-reactive ketones (excluding diaryl/α,β-unsaturated/α-hetero) is 1. The van der Waals surface area contributed by atoms with Gasteiger partial charge in [0, 0.05) is 5.02 Å². The monoisotopic (exact) mass is 371 g/mol. The zero-order valence-corrected chi connectivity index (χ0v) is 15.0. The molecule has 4 rings (SSSR count). The molecule has 1 aromatic heterocycles. The van der Waals surface area contributed by atoms with Crippen molar-refractivity contribution in [2.45, 2.75) is 6.54 Å². The van der Waals surface area contributed by atoms with Gasteiger partial charge in [-0.05, 0) is 37.4 Å². The molecule has 0 spiro atoms. The summed E-state index contributed by atoms with van der Waals surface area (Å²) >= 11 is 7.57. The molecule has 0 fully saturated rings. The highest BCUT2D eigenvalue weighted by Crippen LogP contribution is 2.31. The Morgan fingerprint density at radius 1 is 1.20 bits per heavy atom. The number of rotatable bonds is 4. The minimum atomic E-state index is -0.520. The summed E-state index contributed by atoms with van der Waals surface area (Å²) in [6.45, 7) is 0.912. The van der Waals surface area contributed by atoms with Gasteiger partial charge >= 0.3 is 5.91 Å². The fraction of sp³-hybridized carbons (Fsp3) is 0.167. The van der Waals surface area contributed by atoms with Crippen molar-refractivity contribution in [1.82, 2.24) is 9.88 Å². The van der Waals surface area contributed by atoms with Crippen LogP contribution in [0.1, 0.15) is 15.4 Å². The number of carbonyl (C=O) groups excluding carboxylic acids is 2. The lowest BCUT2D eigenvalue weighted by Crippen LogP contribution is -2.38. The van der Waals surface area contributed by atoms with Crippen LogP contribution in [-0.4, -0.2) is 35.3 Å². The topological polar surface area (TPSA) is 53.5 Å². The van der Waals surface area contributed by atoms with E-state index in [1.807, 2.05) is 36.2 Å². The largest absolute Gasteiger partial charge is 0.300 e. The lowest BCUT2D eigenvalue weighted by Gasteiger charge is -2.23. The molecule has 1 aliphatic rings. The molecular weight excluding hydrogens is 358 g/mol. The van der Waals surface area contributed by atoms with Crippen molar-refractivity contribution in [3.05, 3.63) is 58.1 Å². The zero-order valence-electron chi connectivity index (χ0n) is 13.4. The summed E-state index contributed by atoms with van der Waals surface area (Å²) in [4.78, 5) is 32.5. The number of anilines is 1. The predicted octanol–water partition coefficient (Wildman–Crippen LogP) is 3.57. The second-order valence-corrected chi connectivity index (χ2v) is 7.51. The number of benzene rings is 2. The molecule has 7 heteroatoms. The standard InChI is InChI=1S/C18H14ClN3O2S/c1-21(9-16-20-13-4-2-3-5-15(13)25-16)10-22-14-7-6-11(19)8-12(14)17(23)18(22)24/h2-8H,9-10H2,1H3. The number of para-hydroxylation sites is 1. The van der Waals surface area contributed by atoms with E-state index in [0.29, 0.717) is 29.5 Å². The quantitative estimate of drug-likeness (QED) is 0.658. The number of thiazole rings is 1. The Labute approximate surface area is 153 Å². The van der Waals surface area contributed by atoms with Crippen molar-refractivity contribution in [2.24, 2.45) is 0 Å². The Kier molecular flexibility index (Phi) is 4.03. The fourth-order valence-corrected chi connectivity index (χ4v) is 4.14. The van der Waals surface area contributed by atoms with Gasteiger partial charge in [0.15, 0.2) is 0 Å². The van der Waals surface area contributed by atoms with Crippen molar-refractivity contribution >= 4 is 50.5 Å². The third kappa shape index (κ3) is 2.93. The SMILES string of the molecule is CN(Cc1nc2ccccc2s1)CN1C(=O)C(=O)c2cc(Cl)ccc21. The molecule has 0 saturated carbocycles. The number of nitrogens with zero attached hydrogens (tertiary/aromatic N) is 3. The van der Waals surface area contributed by atoms with Crippen LogP contribution in [0.3, 0.4) is 0 Å². The molecule has 3 aromatic rings. The van der Waals surface area contributed by atoms with Crippen LogP contribution in [0.5, 0.6) is 0 Å². The fourth-order valence-electron chi connectivity index (χ4n) is 2.92. The van der Waals surface area contributed by atoms with E-state index in [9.17, 15) is 9.59 Å². The minimum absolute atomic E-state index is 0.315. The summed E-state index contributed by atoms with van der Waals surface area (Å²) in [5.41, 5.74) is 1.95. The van der Waals surface area contributed by atoms with Gasteiger partial charge in [0.1, 0.15) is 5.01 Å². The second kappa shape index (κ2) is 6.22. The van der Waals surface area contributed by atoms with Crippen molar-refractivity contribution in [3.63, 3.8) is 0 Å². The number of halogens is 1. The van der Waals surface area contributed by atoms with Crippen LogP contribution < -0.4 is 4.90 Å². The van der Waals surface area contributed by atoms with Gasteiger partial charge in [-0.15, -0.1) is 11.3 Å². The minimum Gasteiger partial charge on any atom is -0.291 e. The van der Waals surface area contributed by atoms with Crippen LogP contribution in [0.2, 0.25) is 5.02 Å². The summed E-state index contributed by atoms with van der Waals surface area (Å²) in [6, 6.07) is 12.9. The van der Waals surface area contributed by atoms with Crippen LogP contribution in [0.15, 0.2) is 42.5 Å². The Morgan fingerprint density at radius 3 is 2.80 bits per heavy atom. The third-order valence-electron chi connectivity index (χ3n) is 4.06. The predicted molar refractivity (Wildman–Crippen MR) is 99.2 cm³/mol. The Hall–Kier alpha value is -2.28. The van der Waals surface area contributed by atoms with Crippen LogP contribution in [0.4, 0.5) is 5.69 Å². The second-order valence-electron chi connectivity index (χ2n) is 5.95. The molecule has 2 heterocycles. The summed E-state index contributed by atoms with van der Waals surface area (Å²) < 4.78 is 1.14. The molecule has 0 saturated heterocycles. The number of hydrogen-bond acceptors (Lipinski definition) is 5. The average Bonchev–Trinajstić information content (AvgIpc) is 3.09. The van der Waals surface area contributed by atoms with Crippen LogP contribution in [0.25, 0.3) is 10.2 Å². The first-order valence-corrected chi connectivity index (χ1v) is 8.91. The number of hydrogen-bond donors (Lipinski definition) is 0. The van der Waals surface area contributed by atoms with Crippen molar-refractivity contribution < 1.29 is 9.59 Å². The molecule has 0 atom stereocenters. The first kappa shape index (κ1) is 16.2. The maximum absolute atomic E-state index is 12.3. The zero-order chi connectivity index (χ0) is 17.6. The summed E-state index contributed by atoms with van der Waals surface area (Å²) in [6.07, 6.45) is 0. The molecule has 25 heavy (non-hydrogen) atoms. The molecule has 0 N–H and O–H groups in total. The van der Waals surface area contributed by atoms with Crippen molar-refractivity contribution in [1.29, 1.82) is 0 Å². The first-order valence-electron chi connectivity index (χ1n) is 7.71. The van der Waals surface area contributed by atoms with E-state index < -0.39 is 11.7 Å². The van der Waals surface area contributed by atoms with Gasteiger partial charge in [-0.3, -0.25) is 19.4 Å². The van der Waals surface area contributed by atoms with Gasteiger partial charge in [0.05, 0.1) is 34.7 Å². The molecule has 2 aromatic carbocycles. The molecular formula is C18H14ClN3O2S. The molecule has 0 bridgehead atoms. The Bertz CT molecular complexity index is 968. The summed E-state index contributed by atoms with van der Waals surface area (Å²) in [7, 11) is 1.90. The number of fused-ring (bicyclic) bond motifs is 2. The van der Waals surface area contributed by atoms with Crippen LogP contribution in [-0.2, 0) is 11.3 Å². The molecule has 0 radical (unpaired) electrons. The van der Waals surface area contributed by atoms with E-state index >= 15 is 0 Å². The van der Waals surface area contributed by atoms with Gasteiger partial charge in [-0.2, -0.15) is 0 Å². The van der Waals surface area contributed by atoms with E-state index in [0.717, 1.165) is 15.2 Å². The number of carbonyl (C=O) groups is 2. The van der Waals surface area contributed by atoms with Gasteiger partial charge < -0.3 is 0 Å². The van der Waals surface area contributed by atoms with E-state index in [1.165, 1.54) is 4.90 Å². The van der Waals surface area contributed by atoms with E-state index in [2.05, 4.69) is 4.98 Å². The van der Waals surface area contributed by atoms with Gasteiger partial charge in [0.2, 0.25) is 0 Å². The van der Waals surface area contributed by atoms with Crippen LogP contribution in [0, 0.1) is 0 Å². The van der Waals surface area contributed by atoms with Gasteiger partial charge in [-0.25, -0.2) is 4.98 Å². The lowest BCUT2D eigenvalue weighted by atomic mass is 10.1. The smallest absolute Gasteiger partial charge is 0.291 e. The number of ketones is 1. The van der Waals surface area contributed by atoms with E-state index in [4.69, 9.17) is 11.6 Å². The highest BCUT2D eigenvalue weighted by molar-refractivity contribution is 7.18. The molecule has 1 amide bonds. The average molecular weight is 372 g/mol. The third-order valence-corrected chi connectivity index (χ3v) is 5.32. The highest BCUT2D eigenvalue weighted by Gasteiger charge is 2.36. The van der Waals surface area contributed by atoms with E-state index in [1.54, 1.807) is 29.5 Å². The summed E-state index contributed by atoms with van der Waals surface area (Å²) in [5, 5.41) is 1.42. The summed E-state index contributed by atoms with van der Waals surface area (Å²) in [5.74, 6) is -1.03. The highest BCUT2D eigenvalue weighted by atomic mass is 35.5. The molecule has 126 valence electrons. The van der Waals surface area contributed by atoms with E-state index in [-0.39, 0.29) is 0 Å². The van der Waals surface area contributed by atoms with Crippen molar-refractivity contribution in [2.75, 3.05) is 18.6 Å². The number of amides is 1. The van der Waals surface area contributed by atoms with Gasteiger partial charge in [-0.1, -0.05) is 23.7 Å². The number of aromatic nitrogens is 1. The van der Waals surface area contributed by atoms with Crippen LogP contribution >= 0.6 is 22.9 Å². The maximum Gasteiger partial charge on any atom is 0.300 e. The molecule has 1 aliphatic heterocycles. The molecule has 0 aliphatic carbocycles. The molecule has 5 nitrogen and oxygen atoms in total.